The monoisotopic (exact) mass is 589 g/mol. The van der Waals surface area contributed by atoms with Crippen molar-refractivity contribution in [3.05, 3.63) is 78.4 Å². The van der Waals surface area contributed by atoms with Gasteiger partial charge in [-0.2, -0.15) is 0 Å². The Hall–Kier alpha value is -5.33. The zero-order valence-corrected chi connectivity index (χ0v) is 23.9. The predicted octanol–water partition coefficient (Wildman–Crippen LogP) is 1.43. The van der Waals surface area contributed by atoms with Crippen molar-refractivity contribution >= 4 is 46.3 Å². The molecule has 0 spiro atoms. The highest BCUT2D eigenvalue weighted by atomic mass is 16.5. The lowest BCUT2D eigenvalue weighted by atomic mass is 10.0. The smallest absolute Gasteiger partial charge is 0.408 e. The van der Waals surface area contributed by atoms with Crippen molar-refractivity contribution < 1.29 is 19.1 Å². The van der Waals surface area contributed by atoms with Crippen LogP contribution >= 0.6 is 0 Å². The summed E-state index contributed by atoms with van der Waals surface area (Å²) in [5.41, 5.74) is 28.9. The van der Waals surface area contributed by atoms with Crippen molar-refractivity contribution in [2.45, 2.75) is 44.4 Å². The lowest BCUT2D eigenvalue weighted by Gasteiger charge is -2.34. The Morgan fingerprint density at radius 1 is 0.767 bits per heavy atom. The summed E-state index contributed by atoms with van der Waals surface area (Å²) >= 11 is 0. The summed E-state index contributed by atoms with van der Waals surface area (Å²) in [5, 5.41) is 4.25. The third kappa shape index (κ3) is 9.92. The fourth-order valence-electron chi connectivity index (χ4n) is 4.59. The van der Waals surface area contributed by atoms with E-state index in [-0.39, 0.29) is 44.5 Å². The van der Waals surface area contributed by atoms with Gasteiger partial charge in [0.15, 0.2) is 11.9 Å². The summed E-state index contributed by atoms with van der Waals surface area (Å²) in [6, 6.07) is 19.8. The molecule has 0 unspecified atom stereocenters. The van der Waals surface area contributed by atoms with Gasteiger partial charge in [-0.05, 0) is 42.7 Å². The number of benzene rings is 3. The van der Waals surface area contributed by atoms with Crippen LogP contribution in [-0.2, 0) is 20.9 Å². The molecule has 13 heteroatoms. The molecule has 228 valence electrons. The number of nitrogens with one attached hydrogen (secondary N) is 1. The lowest BCUT2D eigenvalue weighted by molar-refractivity contribution is -0.125. The van der Waals surface area contributed by atoms with Gasteiger partial charge in [0, 0.05) is 18.5 Å². The first-order valence-corrected chi connectivity index (χ1v) is 13.9. The molecule has 0 aromatic heterocycles. The Labute approximate surface area is 250 Å². The fraction of sp³-hybridized carbons (Fsp3) is 0.300. The molecular weight excluding hydrogens is 550 g/mol. The van der Waals surface area contributed by atoms with Crippen molar-refractivity contribution in [1.29, 1.82) is 0 Å². The number of primary amides is 1. The Balaban J connectivity index is 1.97. The minimum Gasteiger partial charge on any atom is -0.445 e. The zero-order chi connectivity index (χ0) is 31.2. The number of anilines is 1. The summed E-state index contributed by atoms with van der Waals surface area (Å²) in [6.45, 7) is 0.456. The minimum atomic E-state index is -1.10. The van der Waals surface area contributed by atoms with Gasteiger partial charge in [-0.15, -0.1) is 0 Å². The number of fused-ring (bicyclic) bond motifs is 1. The summed E-state index contributed by atoms with van der Waals surface area (Å²) in [7, 11) is 0. The standard InChI is InChI=1S/C30H39N9O4/c31-26(40)25(16-8-18-37-29(34)35)39(24-15-6-12-21-11-4-5-13-22(21)24)27(41)23(14-7-17-36-28(32)33)38-30(42)43-19-20-9-2-1-3-10-20/h1-6,9-13,15,23,25H,7-8,14,16-19H2,(H2,31,40)(H,38,42)(H4,32,33,36)(H4,34,35,37)/t23-,25-/m0/s1. The molecule has 0 bridgehead atoms. The van der Waals surface area contributed by atoms with Crippen LogP contribution in [-0.4, -0.2) is 55.0 Å². The van der Waals surface area contributed by atoms with E-state index >= 15 is 0 Å². The van der Waals surface area contributed by atoms with E-state index in [9.17, 15) is 14.4 Å². The van der Waals surface area contributed by atoms with Gasteiger partial charge < -0.3 is 38.7 Å². The van der Waals surface area contributed by atoms with E-state index in [1.165, 1.54) is 4.90 Å². The SMILES string of the molecule is NC(=O)[C@H](CCCN=C(N)N)N(C(=O)[C@H](CCCN=C(N)N)NC(=O)OCc1ccccc1)c1cccc2ccccc12. The number of ether oxygens (including phenoxy) is 1. The van der Waals surface area contributed by atoms with Gasteiger partial charge in [0.25, 0.3) is 0 Å². The molecule has 3 aromatic rings. The highest BCUT2D eigenvalue weighted by Crippen LogP contribution is 2.30. The number of rotatable bonds is 15. The van der Waals surface area contributed by atoms with Gasteiger partial charge in [0.2, 0.25) is 11.8 Å². The molecule has 3 rings (SSSR count). The van der Waals surface area contributed by atoms with E-state index in [4.69, 9.17) is 33.4 Å². The van der Waals surface area contributed by atoms with Crippen molar-refractivity contribution in [2.75, 3.05) is 18.0 Å². The van der Waals surface area contributed by atoms with Crippen molar-refractivity contribution in [1.82, 2.24) is 5.32 Å². The topological polar surface area (TPSA) is 231 Å². The molecule has 0 aliphatic heterocycles. The second kappa shape index (κ2) is 16.2. The van der Waals surface area contributed by atoms with Gasteiger partial charge >= 0.3 is 6.09 Å². The maximum atomic E-state index is 14.4. The summed E-state index contributed by atoms with van der Waals surface area (Å²) in [5.74, 6) is -1.46. The molecule has 0 aliphatic rings. The normalized spacial score (nSPS) is 12.0. The number of nitrogens with two attached hydrogens (primary N) is 5. The van der Waals surface area contributed by atoms with Gasteiger partial charge in [0.05, 0.1) is 5.69 Å². The van der Waals surface area contributed by atoms with Gasteiger partial charge in [-0.1, -0.05) is 66.7 Å². The van der Waals surface area contributed by atoms with Gasteiger partial charge in [-0.3, -0.25) is 24.5 Å². The van der Waals surface area contributed by atoms with Crippen LogP contribution in [0.2, 0.25) is 0 Å². The van der Waals surface area contributed by atoms with Crippen LogP contribution in [0.15, 0.2) is 82.8 Å². The summed E-state index contributed by atoms with van der Waals surface area (Å²) in [6.07, 6.45) is 0.228. The molecule has 0 radical (unpaired) electrons. The van der Waals surface area contributed by atoms with Crippen molar-refractivity contribution in [2.24, 2.45) is 38.7 Å². The lowest BCUT2D eigenvalue weighted by Crippen LogP contribution is -2.55. The Morgan fingerprint density at radius 3 is 2.02 bits per heavy atom. The molecule has 0 saturated heterocycles. The number of hydrogen-bond acceptors (Lipinski definition) is 6. The Morgan fingerprint density at radius 2 is 1.37 bits per heavy atom. The second-order valence-electron chi connectivity index (χ2n) is 9.78. The van der Waals surface area contributed by atoms with Gasteiger partial charge in [-0.25, -0.2) is 4.79 Å². The van der Waals surface area contributed by atoms with Crippen LogP contribution in [0, 0.1) is 0 Å². The average Bonchev–Trinajstić information content (AvgIpc) is 2.99. The fourth-order valence-corrected chi connectivity index (χ4v) is 4.59. The highest BCUT2D eigenvalue weighted by Gasteiger charge is 2.35. The quantitative estimate of drug-likeness (QED) is 0.0860. The largest absolute Gasteiger partial charge is 0.445 e. The molecule has 0 saturated carbocycles. The third-order valence-corrected chi connectivity index (χ3v) is 6.58. The number of aliphatic imine (C=N–C) groups is 2. The van der Waals surface area contributed by atoms with Crippen LogP contribution in [0.1, 0.15) is 31.2 Å². The van der Waals surface area contributed by atoms with Crippen LogP contribution in [0.3, 0.4) is 0 Å². The molecule has 0 heterocycles. The molecule has 13 nitrogen and oxygen atoms in total. The predicted molar refractivity (Wildman–Crippen MR) is 168 cm³/mol. The second-order valence-corrected chi connectivity index (χ2v) is 9.78. The summed E-state index contributed by atoms with van der Waals surface area (Å²) in [4.78, 5) is 49.5. The molecular formula is C30H39N9O4. The first kappa shape index (κ1) is 32.2. The van der Waals surface area contributed by atoms with E-state index in [1.54, 1.807) is 12.1 Å². The first-order chi connectivity index (χ1) is 20.7. The van der Waals surface area contributed by atoms with E-state index < -0.39 is 30.0 Å². The minimum absolute atomic E-state index is 0.00330. The van der Waals surface area contributed by atoms with Gasteiger partial charge in [0.1, 0.15) is 18.7 Å². The molecule has 2 atom stereocenters. The Kier molecular flexibility index (Phi) is 12.1. The van der Waals surface area contributed by atoms with E-state index in [1.807, 2.05) is 60.7 Å². The van der Waals surface area contributed by atoms with Crippen LogP contribution < -0.4 is 38.9 Å². The number of carbonyl (C=O) groups excluding carboxylic acids is 3. The van der Waals surface area contributed by atoms with Crippen LogP contribution in [0.4, 0.5) is 10.5 Å². The maximum absolute atomic E-state index is 14.4. The van der Waals surface area contributed by atoms with E-state index in [2.05, 4.69) is 15.3 Å². The maximum Gasteiger partial charge on any atom is 0.408 e. The zero-order valence-electron chi connectivity index (χ0n) is 23.9. The van der Waals surface area contributed by atoms with Crippen LogP contribution in [0.25, 0.3) is 10.8 Å². The highest BCUT2D eigenvalue weighted by molar-refractivity contribution is 6.09. The number of guanidine groups is 2. The number of hydrogen-bond donors (Lipinski definition) is 6. The number of nitrogens with zero attached hydrogens (tertiary/aromatic N) is 3. The molecule has 11 N–H and O–H groups in total. The molecule has 3 amide bonds. The third-order valence-electron chi connectivity index (χ3n) is 6.58. The van der Waals surface area contributed by atoms with Crippen molar-refractivity contribution in [3.63, 3.8) is 0 Å². The van der Waals surface area contributed by atoms with E-state index in [0.717, 1.165) is 16.3 Å². The average molecular weight is 590 g/mol. The number of amides is 3. The molecule has 43 heavy (non-hydrogen) atoms. The molecule has 0 fully saturated rings. The van der Waals surface area contributed by atoms with E-state index in [0.29, 0.717) is 18.5 Å². The Bertz CT molecular complexity index is 1430. The summed E-state index contributed by atoms with van der Waals surface area (Å²) < 4.78 is 5.40. The molecule has 3 aromatic carbocycles. The number of carbonyl (C=O) groups is 3. The first-order valence-electron chi connectivity index (χ1n) is 13.9. The van der Waals surface area contributed by atoms with Crippen molar-refractivity contribution in [3.8, 4) is 0 Å². The van der Waals surface area contributed by atoms with Crippen LogP contribution in [0.5, 0.6) is 0 Å². The molecule has 0 aliphatic carbocycles. The number of alkyl carbamates (subject to hydrolysis) is 1.